The molecule has 0 atom stereocenters. The Morgan fingerprint density at radius 1 is 1.53 bits per heavy atom. The fourth-order valence-corrected chi connectivity index (χ4v) is 2.05. The lowest BCUT2D eigenvalue weighted by Gasteiger charge is -2.17. The summed E-state index contributed by atoms with van der Waals surface area (Å²) in [6.07, 6.45) is 0.524. The van der Waals surface area contributed by atoms with Gasteiger partial charge in [-0.15, -0.1) is 0 Å². The summed E-state index contributed by atoms with van der Waals surface area (Å²) in [4.78, 5) is 15.3. The molecule has 1 aliphatic rings. The van der Waals surface area contributed by atoms with Gasteiger partial charge in [0, 0.05) is 25.5 Å². The molecule has 0 fully saturated rings. The Labute approximate surface area is 97.8 Å². The van der Waals surface area contributed by atoms with Crippen molar-refractivity contribution in [2.24, 2.45) is 0 Å². The highest BCUT2D eigenvalue weighted by Gasteiger charge is 2.24. The van der Waals surface area contributed by atoms with Crippen LogP contribution in [0.4, 0.5) is 11.4 Å². The number of halogens is 1. The van der Waals surface area contributed by atoms with Crippen LogP contribution in [-0.2, 0) is 11.2 Å². The molecule has 15 heavy (non-hydrogen) atoms. The van der Waals surface area contributed by atoms with E-state index in [1.54, 1.807) is 4.90 Å². The number of carbonyl (C=O) groups excluding carboxylic acids is 1. The third kappa shape index (κ3) is 1.74. The van der Waals surface area contributed by atoms with Gasteiger partial charge >= 0.3 is 0 Å². The summed E-state index contributed by atoms with van der Waals surface area (Å²) in [6, 6.07) is 6.13. The first-order valence-corrected chi connectivity index (χ1v) is 5.92. The zero-order valence-corrected chi connectivity index (χ0v) is 10.4. The largest absolute Gasteiger partial charge is 0.365 e. The van der Waals surface area contributed by atoms with Crippen LogP contribution in [0.2, 0.25) is 0 Å². The minimum absolute atomic E-state index is 0.170. The molecule has 0 aliphatic carbocycles. The monoisotopic (exact) mass is 268 g/mol. The van der Waals surface area contributed by atoms with Gasteiger partial charge in [0.25, 0.3) is 0 Å². The number of anilines is 2. The van der Waals surface area contributed by atoms with Gasteiger partial charge in [-0.1, -0.05) is 15.9 Å². The highest BCUT2D eigenvalue weighted by atomic mass is 79.9. The first-order chi connectivity index (χ1) is 7.13. The van der Waals surface area contributed by atoms with E-state index >= 15 is 0 Å². The van der Waals surface area contributed by atoms with Crippen molar-refractivity contribution in [3.63, 3.8) is 0 Å². The Bertz CT molecular complexity index is 406. The molecule has 0 aromatic heterocycles. The maximum Gasteiger partial charge on any atom is 0.231 e. The quantitative estimate of drug-likeness (QED) is 0.605. The zero-order valence-electron chi connectivity index (χ0n) is 8.83. The van der Waals surface area contributed by atoms with Crippen molar-refractivity contribution < 1.29 is 4.79 Å². The number of hydrogen-bond donors (Lipinski definition) is 0. The number of rotatable bonds is 2. The number of fused-ring (bicyclic) bond motifs is 1. The second kappa shape index (κ2) is 3.85. The van der Waals surface area contributed by atoms with Gasteiger partial charge in [0.2, 0.25) is 5.91 Å². The number of amides is 1. The van der Waals surface area contributed by atoms with Gasteiger partial charge in [0.05, 0.1) is 11.9 Å². The summed E-state index contributed by atoms with van der Waals surface area (Å²) in [5.41, 5.74) is 4.07. The molecule has 3 nitrogen and oxygen atoms in total. The summed E-state index contributed by atoms with van der Waals surface area (Å²) in [6.45, 7) is 0. The topological polar surface area (TPSA) is 23.6 Å². The van der Waals surface area contributed by atoms with Crippen LogP contribution in [0, 0.1) is 0 Å². The van der Waals surface area contributed by atoms with Crippen molar-refractivity contribution >= 4 is 33.2 Å². The zero-order chi connectivity index (χ0) is 11.0. The van der Waals surface area contributed by atoms with Crippen molar-refractivity contribution in [1.29, 1.82) is 0 Å². The van der Waals surface area contributed by atoms with Crippen LogP contribution < -0.4 is 9.80 Å². The molecule has 80 valence electrons. The SMILES string of the molecule is CN(CBr)c1ccc2c(c1)CC(=O)N2C. The van der Waals surface area contributed by atoms with E-state index in [0.717, 1.165) is 22.4 Å². The molecular formula is C11H13BrN2O. The van der Waals surface area contributed by atoms with Gasteiger partial charge in [-0.05, 0) is 23.8 Å². The molecule has 1 heterocycles. The van der Waals surface area contributed by atoms with Crippen molar-refractivity contribution in [2.45, 2.75) is 6.42 Å². The summed E-state index contributed by atoms with van der Waals surface area (Å²) < 4.78 is 0. The second-order valence-electron chi connectivity index (χ2n) is 3.76. The van der Waals surface area contributed by atoms with Crippen LogP contribution in [0.25, 0.3) is 0 Å². The summed E-state index contributed by atoms with van der Waals surface area (Å²) in [7, 11) is 3.83. The predicted octanol–water partition coefficient (Wildman–Crippen LogP) is 1.99. The average molecular weight is 269 g/mol. The summed E-state index contributed by atoms with van der Waals surface area (Å²) in [5.74, 6) is 0.170. The first kappa shape index (κ1) is 10.5. The van der Waals surface area contributed by atoms with Crippen LogP contribution in [0.1, 0.15) is 5.56 Å². The highest BCUT2D eigenvalue weighted by Crippen LogP contribution is 2.31. The summed E-state index contributed by atoms with van der Waals surface area (Å²) in [5, 5.41) is 0. The lowest BCUT2D eigenvalue weighted by Crippen LogP contribution is -2.20. The number of nitrogens with zero attached hydrogens (tertiary/aromatic N) is 2. The molecule has 2 rings (SSSR count). The van der Waals surface area contributed by atoms with E-state index in [2.05, 4.69) is 26.9 Å². The standard InChI is InChI=1S/C11H13BrN2O/c1-13(7-12)9-3-4-10-8(5-9)6-11(15)14(10)2/h3-5H,6-7H2,1-2H3. The van der Waals surface area contributed by atoms with E-state index in [0.29, 0.717) is 6.42 Å². The fourth-order valence-electron chi connectivity index (χ4n) is 1.76. The molecule has 0 N–H and O–H groups in total. The van der Waals surface area contributed by atoms with Crippen molar-refractivity contribution in [2.75, 3.05) is 29.3 Å². The molecular weight excluding hydrogens is 256 g/mol. The number of likely N-dealkylation sites (N-methyl/N-ethyl adjacent to an activating group) is 1. The minimum Gasteiger partial charge on any atom is -0.365 e. The fraction of sp³-hybridized carbons (Fsp3) is 0.364. The van der Waals surface area contributed by atoms with E-state index in [-0.39, 0.29) is 5.91 Å². The number of benzene rings is 1. The lowest BCUT2D eigenvalue weighted by atomic mass is 10.1. The van der Waals surface area contributed by atoms with Crippen LogP contribution in [0.15, 0.2) is 18.2 Å². The smallest absolute Gasteiger partial charge is 0.231 e. The van der Waals surface area contributed by atoms with Crippen molar-refractivity contribution in [3.05, 3.63) is 23.8 Å². The third-order valence-corrected chi connectivity index (χ3v) is 3.51. The van der Waals surface area contributed by atoms with E-state index in [1.807, 2.05) is 26.2 Å². The van der Waals surface area contributed by atoms with Gasteiger partial charge in [0.15, 0.2) is 0 Å². The molecule has 1 amide bonds. The van der Waals surface area contributed by atoms with Gasteiger partial charge in [-0.3, -0.25) is 4.79 Å². The molecule has 0 spiro atoms. The molecule has 1 aromatic rings. The van der Waals surface area contributed by atoms with Crippen molar-refractivity contribution in [3.8, 4) is 0 Å². The molecule has 0 saturated heterocycles. The Kier molecular flexibility index (Phi) is 2.69. The van der Waals surface area contributed by atoms with Gasteiger partial charge < -0.3 is 9.80 Å². The maximum atomic E-state index is 11.5. The minimum atomic E-state index is 0.170. The van der Waals surface area contributed by atoms with Crippen LogP contribution >= 0.6 is 15.9 Å². The summed E-state index contributed by atoms with van der Waals surface area (Å²) >= 11 is 3.40. The molecule has 1 aliphatic heterocycles. The van der Waals surface area contributed by atoms with Gasteiger partial charge in [-0.2, -0.15) is 0 Å². The van der Waals surface area contributed by atoms with Crippen LogP contribution in [-0.4, -0.2) is 25.5 Å². The Morgan fingerprint density at radius 3 is 2.93 bits per heavy atom. The molecule has 0 bridgehead atoms. The molecule has 0 unspecified atom stereocenters. The normalized spacial score (nSPS) is 14.3. The molecule has 0 radical (unpaired) electrons. The average Bonchev–Trinajstić information content (AvgIpc) is 2.53. The Morgan fingerprint density at radius 2 is 2.27 bits per heavy atom. The number of alkyl halides is 1. The number of carbonyl (C=O) groups is 1. The van der Waals surface area contributed by atoms with E-state index in [4.69, 9.17) is 0 Å². The number of hydrogen-bond acceptors (Lipinski definition) is 2. The van der Waals surface area contributed by atoms with E-state index in [9.17, 15) is 4.79 Å². The van der Waals surface area contributed by atoms with Crippen LogP contribution in [0.3, 0.4) is 0 Å². The maximum absolute atomic E-state index is 11.5. The third-order valence-electron chi connectivity index (χ3n) is 2.76. The molecule has 0 saturated carbocycles. The second-order valence-corrected chi connectivity index (χ2v) is 4.26. The first-order valence-electron chi connectivity index (χ1n) is 4.80. The molecule has 4 heteroatoms. The van der Waals surface area contributed by atoms with Gasteiger partial charge in [-0.25, -0.2) is 0 Å². The van der Waals surface area contributed by atoms with Crippen molar-refractivity contribution in [1.82, 2.24) is 0 Å². The molecule has 1 aromatic carbocycles. The predicted molar refractivity (Wildman–Crippen MR) is 65.8 cm³/mol. The highest BCUT2D eigenvalue weighted by molar-refractivity contribution is 9.09. The van der Waals surface area contributed by atoms with Gasteiger partial charge in [0.1, 0.15) is 0 Å². The van der Waals surface area contributed by atoms with Crippen LogP contribution in [0.5, 0.6) is 0 Å². The van der Waals surface area contributed by atoms with E-state index in [1.165, 1.54) is 0 Å². The lowest BCUT2D eigenvalue weighted by molar-refractivity contribution is -0.117. The Balaban J connectivity index is 2.37. The van der Waals surface area contributed by atoms with E-state index < -0.39 is 0 Å². The Hall–Kier alpha value is -1.03.